The lowest BCUT2D eigenvalue weighted by Crippen LogP contribution is -2.13. The first-order valence-electron chi connectivity index (χ1n) is 3.73. The van der Waals surface area contributed by atoms with E-state index in [2.05, 4.69) is 15.9 Å². The first kappa shape index (κ1) is 12.5. The van der Waals surface area contributed by atoms with E-state index in [9.17, 15) is 4.79 Å². The molecule has 13 heavy (non-hydrogen) atoms. The van der Waals surface area contributed by atoms with Crippen LogP contribution in [0, 0.1) is 0 Å². The number of rotatable bonds is 2. The van der Waals surface area contributed by atoms with E-state index >= 15 is 0 Å². The van der Waals surface area contributed by atoms with Crippen molar-refractivity contribution < 1.29 is 4.79 Å². The van der Waals surface area contributed by atoms with Crippen molar-refractivity contribution in [3.8, 4) is 0 Å². The topological polar surface area (TPSA) is 43.1 Å². The van der Waals surface area contributed by atoms with Gasteiger partial charge >= 0.3 is 0 Å². The van der Waals surface area contributed by atoms with Crippen molar-refractivity contribution in [2.24, 2.45) is 5.73 Å². The number of primary amides is 1. The van der Waals surface area contributed by atoms with Crippen LogP contribution in [0.15, 0.2) is 22.7 Å². The van der Waals surface area contributed by atoms with Crippen LogP contribution in [0.3, 0.4) is 0 Å². The van der Waals surface area contributed by atoms with E-state index in [1.54, 1.807) is 6.07 Å². The number of hydrogen-bond donors (Lipinski definition) is 1. The lowest BCUT2D eigenvalue weighted by atomic mass is 10.1. The second kappa shape index (κ2) is 5.25. The third-order valence-electron chi connectivity index (χ3n) is 1.71. The molecule has 1 aromatic carbocycles. The van der Waals surface area contributed by atoms with Gasteiger partial charge in [0.05, 0.1) is 0 Å². The van der Waals surface area contributed by atoms with E-state index in [1.165, 1.54) is 0 Å². The van der Waals surface area contributed by atoms with Gasteiger partial charge in [0.1, 0.15) is 0 Å². The average Bonchev–Trinajstić information content (AvgIpc) is 2.03. The number of aryl methyl sites for hydroxylation is 1. The highest BCUT2D eigenvalue weighted by Crippen LogP contribution is 2.16. The molecule has 0 aliphatic carbocycles. The summed E-state index contributed by atoms with van der Waals surface area (Å²) in [5.74, 6) is -0.362. The lowest BCUT2D eigenvalue weighted by Gasteiger charge is -2.03. The van der Waals surface area contributed by atoms with Gasteiger partial charge in [-0.15, -0.1) is 12.4 Å². The second-order valence-electron chi connectivity index (χ2n) is 2.52. The van der Waals surface area contributed by atoms with Gasteiger partial charge in [-0.2, -0.15) is 0 Å². The summed E-state index contributed by atoms with van der Waals surface area (Å²) in [6.07, 6.45) is 0.817. The zero-order valence-electron chi connectivity index (χ0n) is 7.21. The molecule has 0 radical (unpaired) electrons. The zero-order valence-corrected chi connectivity index (χ0v) is 9.61. The van der Waals surface area contributed by atoms with Crippen LogP contribution < -0.4 is 5.73 Å². The fourth-order valence-corrected chi connectivity index (χ4v) is 1.50. The van der Waals surface area contributed by atoms with Crippen molar-refractivity contribution in [2.45, 2.75) is 13.3 Å². The highest BCUT2D eigenvalue weighted by Gasteiger charge is 2.05. The molecule has 0 heterocycles. The number of nitrogens with two attached hydrogens (primary N) is 1. The minimum absolute atomic E-state index is 0. The summed E-state index contributed by atoms with van der Waals surface area (Å²) in [7, 11) is 0. The van der Waals surface area contributed by atoms with Crippen LogP contribution in [0.25, 0.3) is 0 Å². The molecule has 0 aliphatic heterocycles. The van der Waals surface area contributed by atoms with Gasteiger partial charge in [0.25, 0.3) is 0 Å². The van der Waals surface area contributed by atoms with Crippen LogP contribution in [0.5, 0.6) is 0 Å². The molecule has 0 fully saturated rings. The molecular weight excluding hydrogens is 253 g/mol. The summed E-state index contributed by atoms with van der Waals surface area (Å²) in [5.41, 5.74) is 6.78. The van der Waals surface area contributed by atoms with Gasteiger partial charge in [-0.25, -0.2) is 0 Å². The number of carbonyl (C=O) groups is 1. The third kappa shape index (κ3) is 3.01. The molecule has 4 heteroatoms. The van der Waals surface area contributed by atoms with Gasteiger partial charge in [-0.05, 0) is 30.2 Å². The molecule has 0 saturated carbocycles. The van der Waals surface area contributed by atoms with Gasteiger partial charge in [0.2, 0.25) is 5.91 Å². The van der Waals surface area contributed by atoms with E-state index in [0.717, 1.165) is 16.5 Å². The van der Waals surface area contributed by atoms with Gasteiger partial charge in [-0.3, -0.25) is 4.79 Å². The maximum atomic E-state index is 10.9. The highest BCUT2D eigenvalue weighted by atomic mass is 79.9. The molecule has 0 aromatic heterocycles. The summed E-state index contributed by atoms with van der Waals surface area (Å²) < 4.78 is 0.976. The van der Waals surface area contributed by atoms with Crippen LogP contribution in [0.1, 0.15) is 22.8 Å². The summed E-state index contributed by atoms with van der Waals surface area (Å²) >= 11 is 3.33. The third-order valence-corrected chi connectivity index (χ3v) is 2.21. The van der Waals surface area contributed by atoms with Crippen LogP contribution in [-0.2, 0) is 6.42 Å². The van der Waals surface area contributed by atoms with Crippen LogP contribution >= 0.6 is 28.3 Å². The molecule has 0 spiro atoms. The number of hydrogen-bond acceptors (Lipinski definition) is 1. The molecule has 0 atom stereocenters. The maximum absolute atomic E-state index is 10.9. The molecule has 2 nitrogen and oxygen atoms in total. The number of halogens is 2. The van der Waals surface area contributed by atoms with E-state index in [0.29, 0.717) is 5.56 Å². The minimum Gasteiger partial charge on any atom is -0.366 e. The van der Waals surface area contributed by atoms with Crippen molar-refractivity contribution in [3.05, 3.63) is 33.8 Å². The number of benzene rings is 1. The van der Waals surface area contributed by atoms with Crippen molar-refractivity contribution in [2.75, 3.05) is 0 Å². The molecule has 2 N–H and O–H groups in total. The number of amides is 1. The lowest BCUT2D eigenvalue weighted by molar-refractivity contribution is 0.0999. The molecule has 0 bridgehead atoms. The van der Waals surface area contributed by atoms with Gasteiger partial charge in [0.15, 0.2) is 0 Å². The summed E-state index contributed by atoms with van der Waals surface area (Å²) in [6, 6.07) is 5.48. The Morgan fingerprint density at radius 2 is 2.15 bits per heavy atom. The standard InChI is InChI=1S/C9H10BrNO.ClH/c1-2-6-5-7(10)3-4-8(6)9(11)12;/h3-5H,2H2,1H3,(H2,11,12);1H. The van der Waals surface area contributed by atoms with Crippen molar-refractivity contribution in [1.29, 1.82) is 0 Å². The largest absolute Gasteiger partial charge is 0.366 e. The van der Waals surface area contributed by atoms with E-state index < -0.39 is 0 Å². The van der Waals surface area contributed by atoms with Crippen molar-refractivity contribution in [1.82, 2.24) is 0 Å². The van der Waals surface area contributed by atoms with Gasteiger partial charge in [-0.1, -0.05) is 22.9 Å². The summed E-state index contributed by atoms with van der Waals surface area (Å²) in [4.78, 5) is 10.9. The Kier molecular flexibility index (Phi) is 5.03. The average molecular weight is 265 g/mol. The number of carbonyl (C=O) groups excluding carboxylic acids is 1. The van der Waals surface area contributed by atoms with E-state index in [4.69, 9.17) is 5.73 Å². The Balaban J connectivity index is 0.00000144. The van der Waals surface area contributed by atoms with Gasteiger partial charge < -0.3 is 5.73 Å². The molecule has 0 saturated heterocycles. The highest BCUT2D eigenvalue weighted by molar-refractivity contribution is 9.10. The molecular formula is C9H11BrClNO. The Morgan fingerprint density at radius 1 is 1.54 bits per heavy atom. The van der Waals surface area contributed by atoms with E-state index in [-0.39, 0.29) is 18.3 Å². The normalized spacial score (nSPS) is 9.08. The monoisotopic (exact) mass is 263 g/mol. The fourth-order valence-electron chi connectivity index (χ4n) is 1.10. The first-order chi connectivity index (χ1) is 5.65. The summed E-state index contributed by atoms with van der Waals surface area (Å²) in [5, 5.41) is 0. The molecule has 1 amide bonds. The molecule has 0 unspecified atom stereocenters. The predicted molar refractivity (Wildman–Crippen MR) is 59.3 cm³/mol. The smallest absolute Gasteiger partial charge is 0.248 e. The molecule has 1 rings (SSSR count). The Morgan fingerprint density at radius 3 is 2.62 bits per heavy atom. The maximum Gasteiger partial charge on any atom is 0.248 e. The Bertz CT molecular complexity index is 314. The predicted octanol–water partition coefficient (Wildman–Crippen LogP) is 2.53. The minimum atomic E-state index is -0.362. The van der Waals surface area contributed by atoms with Crippen LogP contribution in [0.2, 0.25) is 0 Å². The van der Waals surface area contributed by atoms with Crippen molar-refractivity contribution in [3.63, 3.8) is 0 Å². The first-order valence-corrected chi connectivity index (χ1v) is 4.52. The Hall–Kier alpha value is -0.540. The second-order valence-corrected chi connectivity index (χ2v) is 3.43. The Labute approximate surface area is 92.0 Å². The zero-order chi connectivity index (χ0) is 9.14. The van der Waals surface area contributed by atoms with E-state index in [1.807, 2.05) is 19.1 Å². The van der Waals surface area contributed by atoms with Crippen molar-refractivity contribution >= 4 is 34.2 Å². The SMILES string of the molecule is CCc1cc(Br)ccc1C(N)=O.Cl. The van der Waals surface area contributed by atoms with Gasteiger partial charge in [0, 0.05) is 10.0 Å². The molecule has 72 valence electrons. The fraction of sp³-hybridized carbons (Fsp3) is 0.222. The molecule has 0 aliphatic rings. The van der Waals surface area contributed by atoms with Crippen LogP contribution in [-0.4, -0.2) is 5.91 Å². The molecule has 1 aromatic rings. The van der Waals surface area contributed by atoms with Crippen LogP contribution in [0.4, 0.5) is 0 Å². The quantitative estimate of drug-likeness (QED) is 0.876. The summed E-state index contributed by atoms with van der Waals surface area (Å²) in [6.45, 7) is 1.99.